The minimum atomic E-state index is 0.445. The summed E-state index contributed by atoms with van der Waals surface area (Å²) < 4.78 is 2.22. The van der Waals surface area contributed by atoms with Gasteiger partial charge in [0.1, 0.15) is 12.2 Å². The summed E-state index contributed by atoms with van der Waals surface area (Å²) in [4.78, 5) is 5.13. The Balaban J connectivity index is 1.84. The van der Waals surface area contributed by atoms with Crippen molar-refractivity contribution in [1.82, 2.24) is 4.90 Å². The van der Waals surface area contributed by atoms with Crippen molar-refractivity contribution >= 4 is 5.82 Å². The molecule has 0 amide bonds. The van der Waals surface area contributed by atoms with E-state index in [1.165, 1.54) is 16.9 Å². The minimum absolute atomic E-state index is 0.445. The lowest BCUT2D eigenvalue weighted by Gasteiger charge is -2.23. The molecule has 2 bridgehead atoms. The molecule has 2 aliphatic rings. The van der Waals surface area contributed by atoms with Crippen LogP contribution in [0.25, 0.3) is 0 Å². The van der Waals surface area contributed by atoms with E-state index in [1.54, 1.807) is 0 Å². The fraction of sp³-hybridized carbons (Fsp3) is 0.353. The molecular formula is C17H20N3+. The van der Waals surface area contributed by atoms with E-state index in [2.05, 4.69) is 77.0 Å². The van der Waals surface area contributed by atoms with Crippen LogP contribution in [0.3, 0.4) is 0 Å². The van der Waals surface area contributed by atoms with Crippen LogP contribution in [0.2, 0.25) is 0 Å². The van der Waals surface area contributed by atoms with Crippen LogP contribution in [0.1, 0.15) is 24.1 Å². The topological polar surface area (TPSA) is 10.4 Å². The van der Waals surface area contributed by atoms with E-state index in [4.69, 9.17) is 0 Å². The van der Waals surface area contributed by atoms with E-state index in [0.29, 0.717) is 12.2 Å². The van der Waals surface area contributed by atoms with Gasteiger partial charge in [-0.05, 0) is 18.6 Å². The molecule has 1 fully saturated rings. The Labute approximate surface area is 120 Å². The first-order valence-corrected chi connectivity index (χ1v) is 7.30. The molecule has 3 nitrogen and oxygen atoms in total. The summed E-state index contributed by atoms with van der Waals surface area (Å²) in [7, 11) is 2.13. The highest BCUT2D eigenvalue weighted by atomic mass is 15.5. The minimum Gasteiger partial charge on any atom is -0.257 e. The molecule has 20 heavy (non-hydrogen) atoms. The Hall–Kier alpha value is -1.87. The molecular weight excluding hydrogens is 246 g/mol. The number of pyridine rings is 1. The maximum absolute atomic E-state index is 2.57. The van der Waals surface area contributed by atoms with Gasteiger partial charge in [-0.2, -0.15) is 0 Å². The molecule has 2 aromatic rings. The lowest BCUT2D eigenvalue weighted by molar-refractivity contribution is -0.659. The second-order valence-corrected chi connectivity index (χ2v) is 5.85. The predicted molar refractivity (Wildman–Crippen MR) is 79.2 cm³/mol. The number of hydrogen-bond acceptors (Lipinski definition) is 2. The Morgan fingerprint density at radius 1 is 1.10 bits per heavy atom. The van der Waals surface area contributed by atoms with Gasteiger partial charge in [-0.15, -0.1) is 0 Å². The molecule has 4 rings (SSSR count). The van der Waals surface area contributed by atoms with Gasteiger partial charge in [0.25, 0.3) is 5.82 Å². The monoisotopic (exact) mass is 266 g/mol. The zero-order valence-corrected chi connectivity index (χ0v) is 12.0. The number of hydrogen-bond donors (Lipinski definition) is 0. The molecule has 0 aliphatic carbocycles. The smallest absolute Gasteiger partial charge is 0.257 e. The van der Waals surface area contributed by atoms with Crippen LogP contribution in [-0.4, -0.2) is 17.6 Å². The average Bonchev–Trinajstić information content (AvgIpc) is 2.73. The van der Waals surface area contributed by atoms with Crippen LogP contribution in [0.15, 0.2) is 48.7 Å². The fourth-order valence-electron chi connectivity index (χ4n) is 3.70. The first-order valence-electron chi connectivity index (χ1n) is 7.30. The third-order valence-corrected chi connectivity index (χ3v) is 4.75. The number of fused-ring (bicyclic) bond motifs is 4. The van der Waals surface area contributed by atoms with Crippen molar-refractivity contribution in [2.75, 3.05) is 11.4 Å². The maximum atomic E-state index is 2.57. The molecule has 0 radical (unpaired) electrons. The maximum Gasteiger partial charge on any atom is 0.278 e. The van der Waals surface area contributed by atoms with E-state index in [1.807, 2.05) is 0 Å². The number of nitrogens with zero attached hydrogens (tertiary/aromatic N) is 3. The quantitative estimate of drug-likeness (QED) is 0.733. The van der Waals surface area contributed by atoms with Crippen molar-refractivity contribution in [1.29, 1.82) is 0 Å². The van der Waals surface area contributed by atoms with Gasteiger partial charge in [0.05, 0.1) is 13.2 Å². The van der Waals surface area contributed by atoms with Gasteiger partial charge in [-0.25, -0.2) is 9.47 Å². The molecule has 0 N–H and O–H groups in total. The van der Waals surface area contributed by atoms with Gasteiger partial charge in [0.15, 0.2) is 0 Å². The largest absolute Gasteiger partial charge is 0.278 e. The summed E-state index contributed by atoms with van der Waals surface area (Å²) in [5.74, 6) is 1.30. The molecule has 102 valence electrons. The Kier molecular flexibility index (Phi) is 2.57. The van der Waals surface area contributed by atoms with Gasteiger partial charge in [-0.3, -0.25) is 4.90 Å². The third-order valence-electron chi connectivity index (χ3n) is 4.75. The van der Waals surface area contributed by atoms with Crippen molar-refractivity contribution in [3.63, 3.8) is 0 Å². The molecule has 1 aromatic heterocycles. The summed E-state index contributed by atoms with van der Waals surface area (Å²) in [6, 6.07) is 15.8. The van der Waals surface area contributed by atoms with Gasteiger partial charge in [0.2, 0.25) is 0 Å². The molecule has 2 aliphatic heterocycles. The first kappa shape index (κ1) is 11.9. The van der Waals surface area contributed by atoms with Crippen molar-refractivity contribution in [3.05, 3.63) is 59.8 Å². The average molecular weight is 266 g/mol. The lowest BCUT2D eigenvalue weighted by atomic mass is 9.97. The van der Waals surface area contributed by atoms with Crippen molar-refractivity contribution < 1.29 is 4.57 Å². The van der Waals surface area contributed by atoms with Crippen LogP contribution in [0, 0.1) is 0 Å². The second-order valence-electron chi connectivity index (χ2n) is 5.85. The highest BCUT2D eigenvalue weighted by Crippen LogP contribution is 2.41. The van der Waals surface area contributed by atoms with E-state index < -0.39 is 0 Å². The van der Waals surface area contributed by atoms with E-state index >= 15 is 0 Å². The fourth-order valence-corrected chi connectivity index (χ4v) is 3.70. The molecule has 3 atom stereocenters. The zero-order chi connectivity index (χ0) is 13.7. The summed E-state index contributed by atoms with van der Waals surface area (Å²) in [5.41, 5.74) is 2.98. The third kappa shape index (κ3) is 1.59. The van der Waals surface area contributed by atoms with Gasteiger partial charge < -0.3 is 0 Å². The number of aromatic nitrogens is 1. The van der Waals surface area contributed by atoms with E-state index in [9.17, 15) is 0 Å². The number of rotatable bonds is 1. The summed E-state index contributed by atoms with van der Waals surface area (Å²) >= 11 is 0. The Morgan fingerprint density at radius 2 is 1.90 bits per heavy atom. The van der Waals surface area contributed by atoms with Gasteiger partial charge >= 0.3 is 0 Å². The molecule has 3 heterocycles. The number of benzene rings is 1. The SMILES string of the molecule is CC1N2Cc3ccccc3C(C2)N1c1cccc[n+]1C. The standard InChI is InChI=1S/C17H20N3/c1-13-19-11-14-7-3-4-8-15(14)16(12-19)20(13)17-9-5-6-10-18(17)2/h3-10,13,16H,11-12H2,1-2H3/q+1. The highest BCUT2D eigenvalue weighted by molar-refractivity contribution is 5.46. The molecule has 3 heteroatoms. The van der Waals surface area contributed by atoms with Gasteiger partial charge in [-0.1, -0.05) is 30.3 Å². The Morgan fingerprint density at radius 3 is 2.75 bits per heavy atom. The molecule has 1 saturated heterocycles. The molecule has 0 spiro atoms. The van der Waals surface area contributed by atoms with Crippen molar-refractivity contribution in [2.24, 2.45) is 7.05 Å². The van der Waals surface area contributed by atoms with Crippen LogP contribution in [0.5, 0.6) is 0 Å². The van der Waals surface area contributed by atoms with E-state index in [-0.39, 0.29) is 0 Å². The molecule has 3 unspecified atom stereocenters. The summed E-state index contributed by atoms with van der Waals surface area (Å²) in [6.45, 7) is 4.52. The second kappa shape index (κ2) is 4.32. The normalized spacial score (nSPS) is 27.5. The van der Waals surface area contributed by atoms with Crippen LogP contribution < -0.4 is 9.47 Å². The lowest BCUT2D eigenvalue weighted by Crippen LogP contribution is -2.43. The number of aryl methyl sites for hydroxylation is 1. The van der Waals surface area contributed by atoms with Crippen molar-refractivity contribution in [2.45, 2.75) is 25.7 Å². The predicted octanol–water partition coefficient (Wildman–Crippen LogP) is 2.23. The molecule has 0 saturated carbocycles. The number of anilines is 1. The van der Waals surface area contributed by atoms with Crippen LogP contribution in [0.4, 0.5) is 5.82 Å². The van der Waals surface area contributed by atoms with Gasteiger partial charge in [0, 0.05) is 24.7 Å². The molecule has 1 aromatic carbocycles. The van der Waals surface area contributed by atoms with E-state index in [0.717, 1.165) is 13.1 Å². The Bertz CT molecular complexity index is 652. The summed E-state index contributed by atoms with van der Waals surface area (Å²) in [5, 5.41) is 0. The van der Waals surface area contributed by atoms with Crippen LogP contribution in [-0.2, 0) is 13.6 Å². The highest BCUT2D eigenvalue weighted by Gasteiger charge is 2.47. The zero-order valence-electron chi connectivity index (χ0n) is 12.0. The summed E-state index contributed by atoms with van der Waals surface area (Å²) in [6.07, 6.45) is 2.58. The van der Waals surface area contributed by atoms with Crippen molar-refractivity contribution in [3.8, 4) is 0 Å². The van der Waals surface area contributed by atoms with Crippen LogP contribution >= 0.6 is 0 Å². The first-order chi connectivity index (χ1) is 9.75.